The topological polar surface area (TPSA) is 139 Å². The first-order valence-electron chi connectivity index (χ1n) is 5.55. The number of aromatic nitrogens is 4. The predicted molar refractivity (Wildman–Crippen MR) is 69.6 cm³/mol. The van der Waals surface area contributed by atoms with Gasteiger partial charge in [-0.25, -0.2) is 9.89 Å². The summed E-state index contributed by atoms with van der Waals surface area (Å²) in [6, 6.07) is 7.08. The minimum Gasteiger partial charge on any atom is -0.493 e. The SMILES string of the molecule is O=c1[nH]nc(N=Nc2c(O)[nH]c3ccccc23)c(=O)[nH]1. The Bertz CT molecular complexity index is 920. The van der Waals surface area contributed by atoms with Crippen LogP contribution >= 0.6 is 0 Å². The van der Waals surface area contributed by atoms with Gasteiger partial charge in [0.15, 0.2) is 5.69 Å². The Morgan fingerprint density at radius 1 is 1.10 bits per heavy atom. The average Bonchev–Trinajstić information content (AvgIpc) is 2.74. The summed E-state index contributed by atoms with van der Waals surface area (Å²) < 4.78 is 0. The van der Waals surface area contributed by atoms with Crippen molar-refractivity contribution >= 4 is 22.4 Å². The highest BCUT2D eigenvalue weighted by molar-refractivity contribution is 5.93. The Balaban J connectivity index is 2.09. The van der Waals surface area contributed by atoms with Gasteiger partial charge in [-0.2, -0.15) is 0 Å². The number of azo groups is 1. The van der Waals surface area contributed by atoms with E-state index >= 15 is 0 Å². The molecule has 4 N–H and O–H groups in total. The molecule has 0 saturated carbocycles. The number of benzene rings is 1. The highest BCUT2D eigenvalue weighted by Gasteiger charge is 2.10. The van der Waals surface area contributed by atoms with E-state index in [0.29, 0.717) is 10.9 Å². The van der Waals surface area contributed by atoms with Crippen LogP contribution in [0.1, 0.15) is 0 Å². The van der Waals surface area contributed by atoms with Crippen molar-refractivity contribution in [1.29, 1.82) is 0 Å². The average molecular weight is 272 g/mol. The van der Waals surface area contributed by atoms with E-state index in [2.05, 4.69) is 20.3 Å². The number of aromatic amines is 3. The monoisotopic (exact) mass is 272 g/mol. The van der Waals surface area contributed by atoms with Crippen LogP contribution < -0.4 is 11.2 Å². The van der Waals surface area contributed by atoms with Crippen molar-refractivity contribution < 1.29 is 5.11 Å². The number of rotatable bonds is 2. The fourth-order valence-electron chi connectivity index (χ4n) is 1.72. The summed E-state index contributed by atoms with van der Waals surface area (Å²) in [4.78, 5) is 26.9. The minimum absolute atomic E-state index is 0.171. The molecule has 0 aliphatic carbocycles. The number of hydrogen-bond acceptors (Lipinski definition) is 6. The molecule has 0 radical (unpaired) electrons. The minimum atomic E-state index is -0.767. The number of para-hydroxylation sites is 1. The van der Waals surface area contributed by atoms with Crippen LogP contribution in [0.3, 0.4) is 0 Å². The molecule has 0 saturated heterocycles. The standard InChI is InChI=1S/C11H8N6O3/c18-9-7(5-3-1-2-4-6(5)12-9)14-15-8-10(19)13-11(20)17-16-8/h1-4,12,18H,(H2,13,17,19,20). The molecule has 3 aromatic rings. The molecule has 0 unspecified atom stereocenters. The van der Waals surface area contributed by atoms with E-state index in [4.69, 9.17) is 0 Å². The normalized spacial score (nSPS) is 11.4. The van der Waals surface area contributed by atoms with Crippen molar-refractivity contribution in [2.24, 2.45) is 10.2 Å². The molecule has 9 heteroatoms. The third kappa shape index (κ3) is 1.96. The van der Waals surface area contributed by atoms with Gasteiger partial charge in [0.25, 0.3) is 5.82 Å². The van der Waals surface area contributed by atoms with Gasteiger partial charge in [-0.15, -0.1) is 15.3 Å². The fraction of sp³-hybridized carbons (Fsp3) is 0. The highest BCUT2D eigenvalue weighted by Crippen LogP contribution is 2.35. The predicted octanol–water partition coefficient (Wildman–Crippen LogP) is 1.06. The van der Waals surface area contributed by atoms with Crippen LogP contribution in [-0.2, 0) is 0 Å². The van der Waals surface area contributed by atoms with Crippen LogP contribution in [0.5, 0.6) is 5.88 Å². The zero-order valence-electron chi connectivity index (χ0n) is 9.91. The lowest BCUT2D eigenvalue weighted by Gasteiger charge is -1.91. The second-order valence-corrected chi connectivity index (χ2v) is 3.90. The van der Waals surface area contributed by atoms with E-state index in [-0.39, 0.29) is 17.4 Å². The van der Waals surface area contributed by atoms with Gasteiger partial charge in [0.05, 0.1) is 5.52 Å². The van der Waals surface area contributed by atoms with Gasteiger partial charge in [0.1, 0.15) is 0 Å². The second kappa shape index (κ2) is 4.46. The first-order chi connectivity index (χ1) is 9.65. The van der Waals surface area contributed by atoms with Crippen LogP contribution in [-0.4, -0.2) is 25.3 Å². The Hall–Kier alpha value is -3.23. The maximum atomic E-state index is 11.4. The van der Waals surface area contributed by atoms with E-state index in [1.165, 1.54) is 0 Å². The second-order valence-electron chi connectivity index (χ2n) is 3.90. The molecule has 0 bridgehead atoms. The summed E-state index contributed by atoms with van der Waals surface area (Å²) in [7, 11) is 0. The summed E-state index contributed by atoms with van der Waals surface area (Å²) in [6.07, 6.45) is 0. The molecule has 100 valence electrons. The zero-order chi connectivity index (χ0) is 14.1. The van der Waals surface area contributed by atoms with Gasteiger partial charge in [-0.05, 0) is 6.07 Å². The van der Waals surface area contributed by atoms with Crippen molar-refractivity contribution in [3.8, 4) is 5.88 Å². The number of nitrogens with zero attached hydrogens (tertiary/aromatic N) is 3. The van der Waals surface area contributed by atoms with Gasteiger partial charge in [0, 0.05) is 5.39 Å². The quantitative estimate of drug-likeness (QED) is 0.518. The molecule has 2 heterocycles. The van der Waals surface area contributed by atoms with E-state index in [1.807, 2.05) is 10.1 Å². The molecule has 0 atom stereocenters. The van der Waals surface area contributed by atoms with E-state index in [1.54, 1.807) is 24.3 Å². The van der Waals surface area contributed by atoms with Crippen molar-refractivity contribution in [1.82, 2.24) is 20.2 Å². The lowest BCUT2D eigenvalue weighted by atomic mass is 10.2. The van der Waals surface area contributed by atoms with E-state index in [9.17, 15) is 14.7 Å². The zero-order valence-corrected chi connectivity index (χ0v) is 9.91. The third-order valence-corrected chi connectivity index (χ3v) is 2.60. The molecule has 20 heavy (non-hydrogen) atoms. The van der Waals surface area contributed by atoms with Crippen LogP contribution in [0.4, 0.5) is 11.5 Å². The van der Waals surface area contributed by atoms with Crippen molar-refractivity contribution in [2.75, 3.05) is 0 Å². The largest absolute Gasteiger partial charge is 0.493 e. The molecule has 3 rings (SSSR count). The molecule has 1 aromatic carbocycles. The highest BCUT2D eigenvalue weighted by atomic mass is 16.3. The number of aromatic hydroxyl groups is 1. The Kier molecular flexibility index (Phi) is 2.64. The Morgan fingerprint density at radius 3 is 2.70 bits per heavy atom. The van der Waals surface area contributed by atoms with Crippen molar-refractivity contribution in [2.45, 2.75) is 0 Å². The number of H-pyrrole nitrogens is 3. The summed E-state index contributed by atoms with van der Waals surface area (Å²) in [6.45, 7) is 0. The van der Waals surface area contributed by atoms with Gasteiger partial charge in [-0.1, -0.05) is 18.2 Å². The molecule has 0 fully saturated rings. The van der Waals surface area contributed by atoms with Crippen molar-refractivity contribution in [3.63, 3.8) is 0 Å². The maximum absolute atomic E-state index is 11.4. The van der Waals surface area contributed by atoms with E-state index in [0.717, 1.165) is 0 Å². The maximum Gasteiger partial charge on any atom is 0.342 e. The Labute approximate surface area is 110 Å². The van der Waals surface area contributed by atoms with Gasteiger partial charge < -0.3 is 10.1 Å². The molecule has 2 aromatic heterocycles. The summed E-state index contributed by atoms with van der Waals surface area (Å²) in [5, 5.41) is 23.3. The van der Waals surface area contributed by atoms with Crippen LogP contribution in [0.2, 0.25) is 0 Å². The molecule has 0 aliphatic rings. The van der Waals surface area contributed by atoms with Crippen LogP contribution in [0, 0.1) is 0 Å². The summed E-state index contributed by atoms with van der Waals surface area (Å²) in [5.74, 6) is -0.481. The van der Waals surface area contributed by atoms with Gasteiger partial charge >= 0.3 is 11.2 Å². The first kappa shape index (κ1) is 11.8. The molecule has 9 nitrogen and oxygen atoms in total. The fourth-order valence-corrected chi connectivity index (χ4v) is 1.72. The van der Waals surface area contributed by atoms with Crippen LogP contribution in [0.25, 0.3) is 10.9 Å². The summed E-state index contributed by atoms with van der Waals surface area (Å²) >= 11 is 0. The Morgan fingerprint density at radius 2 is 1.90 bits per heavy atom. The molecule has 0 amide bonds. The van der Waals surface area contributed by atoms with E-state index < -0.39 is 11.2 Å². The lowest BCUT2D eigenvalue weighted by molar-refractivity contribution is 0.459. The summed E-state index contributed by atoms with van der Waals surface area (Å²) in [5.41, 5.74) is -0.629. The molecular weight excluding hydrogens is 264 g/mol. The lowest BCUT2D eigenvalue weighted by Crippen LogP contribution is -2.22. The number of nitrogens with one attached hydrogen (secondary N) is 3. The first-order valence-corrected chi connectivity index (χ1v) is 5.55. The van der Waals surface area contributed by atoms with Crippen molar-refractivity contribution in [3.05, 3.63) is 45.1 Å². The molecular formula is C11H8N6O3. The van der Waals surface area contributed by atoms with Gasteiger partial charge in [-0.3, -0.25) is 9.78 Å². The molecule has 0 spiro atoms. The van der Waals surface area contributed by atoms with Gasteiger partial charge in [0.2, 0.25) is 5.88 Å². The number of fused-ring (bicyclic) bond motifs is 1. The smallest absolute Gasteiger partial charge is 0.342 e. The number of hydrogen-bond donors (Lipinski definition) is 4. The third-order valence-electron chi connectivity index (χ3n) is 2.60. The molecule has 0 aliphatic heterocycles. The van der Waals surface area contributed by atoms with Crippen LogP contribution in [0.15, 0.2) is 44.1 Å².